The standard InChI is InChI=1S/C24H30ClN5O2/c1-15-12-20(31)22-21(15)23(28-14-27-22)29-8-10-30(11-9-29)24(32)19(13-26-18-6-7-18)16-2-4-17(25)5-3-16/h2-5,14-15,18-20,26,31H,6-13H2,1H3/t15-,19-,20-/m1/s1. The lowest BCUT2D eigenvalue weighted by atomic mass is 9.97. The molecule has 1 aromatic carbocycles. The number of aliphatic hydroxyl groups is 1. The number of benzene rings is 1. The zero-order chi connectivity index (χ0) is 22.2. The van der Waals surface area contributed by atoms with E-state index >= 15 is 0 Å². The molecule has 1 saturated heterocycles. The predicted octanol–water partition coefficient (Wildman–Crippen LogP) is 2.86. The first kappa shape index (κ1) is 21.6. The number of amides is 1. The van der Waals surface area contributed by atoms with Crippen LogP contribution in [0.2, 0.25) is 5.02 Å². The first-order valence-corrected chi connectivity index (χ1v) is 11.9. The number of fused-ring (bicyclic) bond motifs is 1. The fourth-order valence-corrected chi connectivity index (χ4v) is 5.05. The summed E-state index contributed by atoms with van der Waals surface area (Å²) in [4.78, 5) is 26.6. The molecule has 32 heavy (non-hydrogen) atoms. The molecule has 1 amide bonds. The van der Waals surface area contributed by atoms with Gasteiger partial charge in [-0.1, -0.05) is 30.7 Å². The quantitative estimate of drug-likeness (QED) is 0.697. The third-order valence-corrected chi connectivity index (χ3v) is 7.18. The van der Waals surface area contributed by atoms with Crippen LogP contribution in [-0.2, 0) is 4.79 Å². The van der Waals surface area contributed by atoms with E-state index in [2.05, 4.69) is 27.1 Å². The molecule has 3 atom stereocenters. The number of halogens is 1. The monoisotopic (exact) mass is 455 g/mol. The molecule has 0 radical (unpaired) electrons. The van der Waals surface area contributed by atoms with Gasteiger partial charge in [0.1, 0.15) is 12.1 Å². The van der Waals surface area contributed by atoms with Crippen molar-refractivity contribution in [2.24, 2.45) is 0 Å². The van der Waals surface area contributed by atoms with E-state index < -0.39 is 6.10 Å². The Morgan fingerprint density at radius 2 is 1.91 bits per heavy atom. The summed E-state index contributed by atoms with van der Waals surface area (Å²) in [6, 6.07) is 8.19. The van der Waals surface area contributed by atoms with Gasteiger partial charge >= 0.3 is 0 Å². The average molecular weight is 456 g/mol. The van der Waals surface area contributed by atoms with E-state index in [1.807, 2.05) is 29.2 Å². The SMILES string of the molecule is C[C@@H]1C[C@@H](O)c2ncnc(N3CCN(C(=O)[C@H](CNC4CC4)c4ccc(Cl)cc4)CC3)c21. The van der Waals surface area contributed by atoms with Gasteiger partial charge in [0, 0.05) is 49.4 Å². The molecule has 5 rings (SSSR count). The Labute approximate surface area is 193 Å². The summed E-state index contributed by atoms with van der Waals surface area (Å²) >= 11 is 6.07. The molecule has 2 heterocycles. The Morgan fingerprint density at radius 3 is 2.59 bits per heavy atom. The van der Waals surface area contributed by atoms with E-state index in [1.54, 1.807) is 6.33 Å². The van der Waals surface area contributed by atoms with Crippen LogP contribution < -0.4 is 10.2 Å². The topological polar surface area (TPSA) is 81.6 Å². The summed E-state index contributed by atoms with van der Waals surface area (Å²) in [5.74, 6) is 1.10. The number of piperazine rings is 1. The van der Waals surface area contributed by atoms with Gasteiger partial charge in [-0.05, 0) is 42.9 Å². The van der Waals surface area contributed by atoms with Crippen molar-refractivity contribution in [1.82, 2.24) is 20.2 Å². The zero-order valence-electron chi connectivity index (χ0n) is 18.4. The van der Waals surface area contributed by atoms with Crippen molar-refractivity contribution in [3.05, 3.63) is 52.4 Å². The number of hydrogen-bond acceptors (Lipinski definition) is 6. The third kappa shape index (κ3) is 4.34. The van der Waals surface area contributed by atoms with E-state index in [0.29, 0.717) is 37.1 Å². The summed E-state index contributed by atoms with van der Waals surface area (Å²) in [5, 5.41) is 14.5. The lowest BCUT2D eigenvalue weighted by Crippen LogP contribution is -2.51. The van der Waals surface area contributed by atoms with Crippen molar-refractivity contribution in [1.29, 1.82) is 0 Å². The number of nitrogens with one attached hydrogen (secondary N) is 1. The zero-order valence-corrected chi connectivity index (χ0v) is 19.1. The van der Waals surface area contributed by atoms with Crippen LogP contribution in [-0.4, -0.2) is 64.6 Å². The second kappa shape index (κ2) is 8.96. The lowest BCUT2D eigenvalue weighted by molar-refractivity contribution is -0.133. The molecular weight excluding hydrogens is 426 g/mol. The van der Waals surface area contributed by atoms with Crippen LogP contribution in [0, 0.1) is 0 Å². The van der Waals surface area contributed by atoms with Gasteiger partial charge < -0.3 is 20.2 Å². The molecule has 2 aliphatic carbocycles. The molecule has 1 aliphatic heterocycles. The van der Waals surface area contributed by atoms with Crippen LogP contribution in [0.1, 0.15) is 60.9 Å². The predicted molar refractivity (Wildman–Crippen MR) is 124 cm³/mol. The first-order valence-electron chi connectivity index (χ1n) is 11.6. The smallest absolute Gasteiger partial charge is 0.231 e. The Hall–Kier alpha value is -2.22. The van der Waals surface area contributed by atoms with Crippen molar-refractivity contribution in [2.45, 2.75) is 50.2 Å². The molecule has 8 heteroatoms. The molecule has 0 unspecified atom stereocenters. The number of nitrogens with zero attached hydrogens (tertiary/aromatic N) is 4. The van der Waals surface area contributed by atoms with Crippen molar-refractivity contribution in [2.75, 3.05) is 37.6 Å². The lowest BCUT2D eigenvalue weighted by Gasteiger charge is -2.38. The number of aliphatic hydroxyl groups excluding tert-OH is 1. The number of rotatable bonds is 6. The fraction of sp³-hybridized carbons (Fsp3) is 0.542. The second-order valence-electron chi connectivity index (χ2n) is 9.25. The molecule has 7 nitrogen and oxygen atoms in total. The van der Waals surface area contributed by atoms with E-state index in [1.165, 1.54) is 12.8 Å². The molecule has 1 saturated carbocycles. The van der Waals surface area contributed by atoms with Gasteiger partial charge in [0.05, 0.1) is 17.7 Å². The van der Waals surface area contributed by atoms with Gasteiger partial charge in [0.25, 0.3) is 0 Å². The number of aromatic nitrogens is 2. The molecule has 170 valence electrons. The first-order chi connectivity index (χ1) is 15.5. The van der Waals surface area contributed by atoms with E-state index in [-0.39, 0.29) is 17.7 Å². The van der Waals surface area contributed by atoms with Gasteiger partial charge in [-0.2, -0.15) is 0 Å². The van der Waals surface area contributed by atoms with Crippen LogP contribution in [0.4, 0.5) is 5.82 Å². The molecule has 2 N–H and O–H groups in total. The molecule has 2 aromatic rings. The average Bonchev–Trinajstić information content (AvgIpc) is 3.59. The van der Waals surface area contributed by atoms with Crippen molar-refractivity contribution < 1.29 is 9.90 Å². The molecular formula is C24H30ClN5O2. The highest BCUT2D eigenvalue weighted by Gasteiger charge is 2.35. The van der Waals surface area contributed by atoms with Crippen molar-refractivity contribution in [3.63, 3.8) is 0 Å². The molecule has 0 bridgehead atoms. The Bertz CT molecular complexity index is 973. The van der Waals surface area contributed by atoms with Gasteiger partial charge in [-0.25, -0.2) is 9.97 Å². The summed E-state index contributed by atoms with van der Waals surface area (Å²) in [5.41, 5.74) is 2.83. The minimum Gasteiger partial charge on any atom is -0.387 e. The molecule has 0 spiro atoms. The third-order valence-electron chi connectivity index (χ3n) is 6.93. The van der Waals surface area contributed by atoms with E-state index in [4.69, 9.17) is 11.6 Å². The van der Waals surface area contributed by atoms with Crippen LogP contribution in [0.5, 0.6) is 0 Å². The summed E-state index contributed by atoms with van der Waals surface area (Å²) in [6.07, 6.45) is 4.11. The van der Waals surface area contributed by atoms with Crippen LogP contribution in [0.25, 0.3) is 0 Å². The van der Waals surface area contributed by atoms with Gasteiger partial charge in [0.2, 0.25) is 5.91 Å². The van der Waals surface area contributed by atoms with Gasteiger partial charge in [0.15, 0.2) is 0 Å². The summed E-state index contributed by atoms with van der Waals surface area (Å²) < 4.78 is 0. The Kier molecular flexibility index (Phi) is 6.05. The maximum Gasteiger partial charge on any atom is 0.231 e. The minimum atomic E-state index is -0.510. The minimum absolute atomic E-state index is 0.164. The number of hydrogen-bond donors (Lipinski definition) is 2. The highest BCUT2D eigenvalue weighted by molar-refractivity contribution is 6.30. The maximum atomic E-state index is 13.5. The van der Waals surface area contributed by atoms with Crippen molar-refractivity contribution >= 4 is 23.3 Å². The number of anilines is 1. The maximum absolute atomic E-state index is 13.5. The molecule has 2 fully saturated rings. The highest BCUT2D eigenvalue weighted by atomic mass is 35.5. The van der Waals surface area contributed by atoms with Gasteiger partial charge in [-0.3, -0.25) is 4.79 Å². The fourth-order valence-electron chi connectivity index (χ4n) is 4.93. The Morgan fingerprint density at radius 1 is 1.19 bits per heavy atom. The summed E-state index contributed by atoms with van der Waals surface area (Å²) in [7, 11) is 0. The summed E-state index contributed by atoms with van der Waals surface area (Å²) in [6.45, 7) is 5.53. The largest absolute Gasteiger partial charge is 0.387 e. The van der Waals surface area contributed by atoms with E-state index in [0.717, 1.165) is 35.7 Å². The van der Waals surface area contributed by atoms with Gasteiger partial charge in [-0.15, -0.1) is 0 Å². The van der Waals surface area contributed by atoms with Crippen LogP contribution >= 0.6 is 11.6 Å². The number of carbonyl (C=O) groups excluding carboxylic acids is 1. The second-order valence-corrected chi connectivity index (χ2v) is 9.68. The van der Waals surface area contributed by atoms with E-state index in [9.17, 15) is 9.90 Å². The van der Waals surface area contributed by atoms with Crippen LogP contribution in [0.15, 0.2) is 30.6 Å². The van der Waals surface area contributed by atoms with Crippen LogP contribution in [0.3, 0.4) is 0 Å². The number of carbonyl (C=O) groups is 1. The Balaban J connectivity index is 1.28. The van der Waals surface area contributed by atoms with Crippen molar-refractivity contribution in [3.8, 4) is 0 Å². The molecule has 3 aliphatic rings. The normalized spacial score (nSPS) is 23.8. The highest BCUT2D eigenvalue weighted by Crippen LogP contribution is 2.42. The molecule has 1 aromatic heterocycles.